The Hall–Kier alpha value is -1.01. The van der Waals surface area contributed by atoms with Gasteiger partial charge in [-0.1, -0.05) is 22.3 Å². The maximum absolute atomic E-state index is 11.3. The number of hydrogen-bond donors (Lipinski definition) is 0. The van der Waals surface area contributed by atoms with Crippen molar-refractivity contribution in [2.75, 3.05) is 0 Å². The van der Waals surface area contributed by atoms with Crippen molar-refractivity contribution in [3.05, 3.63) is 34.4 Å². The van der Waals surface area contributed by atoms with E-state index in [1.807, 2.05) is 32.9 Å². The Morgan fingerprint density at radius 3 is 2.00 bits per heavy atom. The van der Waals surface area contributed by atoms with Gasteiger partial charge in [-0.25, -0.2) is 4.79 Å². The zero-order valence-electron chi connectivity index (χ0n) is 7.97. The van der Waals surface area contributed by atoms with Crippen LogP contribution in [0.4, 0.5) is 0 Å². The first-order valence-corrected chi connectivity index (χ1v) is 4.97. The van der Waals surface area contributed by atoms with Crippen molar-refractivity contribution in [1.82, 2.24) is 0 Å². The molecule has 68 valence electrons. The Morgan fingerprint density at radius 2 is 1.62 bits per heavy atom. The fourth-order valence-corrected chi connectivity index (χ4v) is 2.09. The van der Waals surface area contributed by atoms with Gasteiger partial charge in [0.2, 0.25) is 0 Å². The highest BCUT2D eigenvalue weighted by atomic mass is 31.1. The van der Waals surface area contributed by atoms with Crippen LogP contribution in [0.2, 0.25) is 0 Å². The Kier molecular flexibility index (Phi) is 2.94. The van der Waals surface area contributed by atoms with E-state index < -0.39 is 8.46 Å². The second-order valence-corrected chi connectivity index (χ2v) is 3.86. The van der Waals surface area contributed by atoms with Crippen molar-refractivity contribution in [1.29, 1.82) is 0 Å². The topological polar surface area (TPSA) is 34.1 Å². The number of hydrogen-bond acceptors (Lipinski definition) is 2. The van der Waals surface area contributed by atoms with Crippen molar-refractivity contribution in [2.45, 2.75) is 20.8 Å². The van der Waals surface area contributed by atoms with Crippen LogP contribution in [0.1, 0.15) is 27.0 Å². The van der Waals surface area contributed by atoms with Crippen LogP contribution < -0.4 is 0 Å². The largest absolute Gasteiger partial charge is 0.406 e. The molecule has 0 radical (unpaired) electrons. The van der Waals surface area contributed by atoms with Crippen LogP contribution in [-0.2, 0) is 4.57 Å². The molecular weight excluding hydrogens is 183 g/mol. The van der Waals surface area contributed by atoms with E-state index >= 15 is 0 Å². The van der Waals surface area contributed by atoms with E-state index in [0.29, 0.717) is 5.56 Å². The molecule has 2 nitrogen and oxygen atoms in total. The first-order chi connectivity index (χ1) is 6.06. The zero-order valence-corrected chi connectivity index (χ0v) is 8.97. The molecule has 0 heterocycles. The molecule has 13 heavy (non-hydrogen) atoms. The van der Waals surface area contributed by atoms with E-state index in [4.69, 9.17) is 0 Å². The maximum atomic E-state index is 11.3. The second kappa shape index (κ2) is 3.80. The summed E-state index contributed by atoms with van der Waals surface area (Å²) >= 11 is 0. The highest BCUT2D eigenvalue weighted by Crippen LogP contribution is 2.20. The van der Waals surface area contributed by atoms with Gasteiger partial charge in [0, 0.05) is 0 Å². The Morgan fingerprint density at radius 1 is 1.15 bits per heavy atom. The third-order valence-electron chi connectivity index (χ3n) is 2.00. The highest BCUT2D eigenvalue weighted by Gasteiger charge is 2.18. The molecule has 0 bridgehead atoms. The van der Waals surface area contributed by atoms with E-state index in [0.717, 1.165) is 16.7 Å². The standard InChI is InChI=1S/C10H11O2P/c1-6-4-7(2)9(8(3)5-6)10(11)13-12/h4-5H,1-3H3/p+1. The minimum absolute atomic E-state index is 0.282. The van der Waals surface area contributed by atoms with Crippen LogP contribution in [0.5, 0.6) is 0 Å². The molecule has 3 heteroatoms. The molecule has 1 aromatic carbocycles. The molecule has 1 rings (SSSR count). The molecule has 0 saturated heterocycles. The molecule has 0 aliphatic heterocycles. The van der Waals surface area contributed by atoms with Gasteiger partial charge in [-0.2, -0.15) is 0 Å². The van der Waals surface area contributed by atoms with E-state index in [9.17, 15) is 9.36 Å². The summed E-state index contributed by atoms with van der Waals surface area (Å²) in [5.41, 5.74) is 3.27. The molecule has 0 amide bonds. The monoisotopic (exact) mass is 195 g/mol. The molecule has 1 unspecified atom stereocenters. The first-order valence-electron chi connectivity index (χ1n) is 4.06. The predicted molar refractivity (Wildman–Crippen MR) is 54.0 cm³/mol. The Bertz CT molecular complexity index is 346. The minimum atomic E-state index is -0.890. The molecule has 1 aromatic rings. The first kappa shape index (κ1) is 10.1. The fraction of sp³-hybridized carbons (Fsp3) is 0.300. The Balaban J connectivity index is 3.36. The van der Waals surface area contributed by atoms with E-state index in [1.165, 1.54) is 0 Å². The summed E-state index contributed by atoms with van der Waals surface area (Å²) in [6, 6.07) is 3.86. The van der Waals surface area contributed by atoms with Gasteiger partial charge in [-0.15, -0.1) is 0 Å². The average molecular weight is 195 g/mol. The fourth-order valence-electron chi connectivity index (χ4n) is 1.59. The summed E-state index contributed by atoms with van der Waals surface area (Å²) in [5.74, 6) is 0. The zero-order chi connectivity index (χ0) is 10.0. The van der Waals surface area contributed by atoms with Crippen molar-refractivity contribution in [3.63, 3.8) is 0 Å². The third kappa shape index (κ3) is 2.02. The van der Waals surface area contributed by atoms with Crippen LogP contribution in [-0.4, -0.2) is 5.52 Å². The summed E-state index contributed by atoms with van der Waals surface area (Å²) in [6.45, 7) is 5.72. The van der Waals surface area contributed by atoms with Crippen LogP contribution in [0, 0.1) is 20.8 Å². The summed E-state index contributed by atoms with van der Waals surface area (Å²) in [6.07, 6.45) is 0. The summed E-state index contributed by atoms with van der Waals surface area (Å²) in [5, 5.41) is 0. The van der Waals surface area contributed by atoms with Gasteiger partial charge in [0.05, 0.1) is 5.56 Å². The number of benzene rings is 1. The number of carbonyl (C=O) groups is 1. The number of rotatable bonds is 2. The highest BCUT2D eigenvalue weighted by molar-refractivity contribution is 7.47. The Labute approximate surface area is 79.2 Å². The number of aryl methyl sites for hydroxylation is 3. The predicted octanol–water partition coefficient (Wildman–Crippen LogP) is 2.78. The lowest BCUT2D eigenvalue weighted by Gasteiger charge is -2.03. The molecule has 0 aliphatic rings. The summed E-state index contributed by atoms with van der Waals surface area (Å²) in [4.78, 5) is 11.3. The number of carbonyl (C=O) groups excluding carboxylic acids is 1. The molecule has 0 spiro atoms. The van der Waals surface area contributed by atoms with Crippen molar-refractivity contribution >= 4 is 14.0 Å². The van der Waals surface area contributed by atoms with Crippen LogP contribution in [0.15, 0.2) is 12.1 Å². The second-order valence-electron chi connectivity index (χ2n) is 3.20. The van der Waals surface area contributed by atoms with Gasteiger partial charge in [-0.3, -0.25) is 0 Å². The lowest BCUT2D eigenvalue weighted by molar-refractivity contribution is 0.108. The van der Waals surface area contributed by atoms with E-state index in [2.05, 4.69) is 0 Å². The van der Waals surface area contributed by atoms with Crippen molar-refractivity contribution < 1.29 is 9.36 Å². The quantitative estimate of drug-likeness (QED) is 0.680. The third-order valence-corrected chi connectivity index (χ3v) is 2.43. The molecule has 0 N–H and O–H groups in total. The molecule has 0 aliphatic carbocycles. The summed E-state index contributed by atoms with van der Waals surface area (Å²) in [7, 11) is -0.890. The van der Waals surface area contributed by atoms with Crippen molar-refractivity contribution in [3.8, 4) is 0 Å². The molecule has 0 aromatic heterocycles. The van der Waals surface area contributed by atoms with E-state index in [1.54, 1.807) is 0 Å². The van der Waals surface area contributed by atoms with Gasteiger partial charge in [0.15, 0.2) is 0 Å². The molecule has 1 atom stereocenters. The van der Waals surface area contributed by atoms with Gasteiger partial charge in [0.25, 0.3) is 0 Å². The van der Waals surface area contributed by atoms with E-state index in [-0.39, 0.29) is 5.52 Å². The molecule has 0 fully saturated rings. The van der Waals surface area contributed by atoms with Crippen LogP contribution in [0.25, 0.3) is 0 Å². The SMILES string of the molecule is Cc1cc(C)c(C(=O)[PH+]=O)c(C)c1. The minimum Gasteiger partial charge on any atom is -0.234 e. The van der Waals surface area contributed by atoms with Gasteiger partial charge in [-0.05, 0) is 31.9 Å². The maximum Gasteiger partial charge on any atom is 0.406 e. The van der Waals surface area contributed by atoms with Gasteiger partial charge < -0.3 is 0 Å². The molecule has 0 saturated carbocycles. The van der Waals surface area contributed by atoms with Gasteiger partial charge in [0.1, 0.15) is 0 Å². The normalized spacial score (nSPS) is 10.4. The molecular formula is C10H12O2P+. The van der Waals surface area contributed by atoms with Crippen LogP contribution in [0.3, 0.4) is 0 Å². The average Bonchev–Trinajstić information content (AvgIpc) is 2.02. The summed E-state index contributed by atoms with van der Waals surface area (Å²) < 4.78 is 10.5. The van der Waals surface area contributed by atoms with Gasteiger partial charge >= 0.3 is 14.0 Å². The lowest BCUT2D eigenvalue weighted by atomic mass is 10.0. The smallest absolute Gasteiger partial charge is 0.234 e. The van der Waals surface area contributed by atoms with Crippen LogP contribution >= 0.6 is 8.46 Å². The van der Waals surface area contributed by atoms with Crippen molar-refractivity contribution in [2.24, 2.45) is 0 Å². The lowest BCUT2D eigenvalue weighted by Crippen LogP contribution is -1.98.